The van der Waals surface area contributed by atoms with E-state index >= 15 is 0 Å². The highest BCUT2D eigenvalue weighted by Crippen LogP contribution is 2.26. The molecule has 0 aliphatic rings. The van der Waals surface area contributed by atoms with Gasteiger partial charge in [-0.15, -0.1) is 0 Å². The van der Waals surface area contributed by atoms with Crippen LogP contribution in [0.15, 0.2) is 78.9 Å². The first-order valence-corrected chi connectivity index (χ1v) is 10.9. The van der Waals surface area contributed by atoms with Crippen LogP contribution in [0, 0.1) is 0 Å². The van der Waals surface area contributed by atoms with Crippen LogP contribution in [0.5, 0.6) is 0 Å². The molecule has 0 fully saturated rings. The van der Waals surface area contributed by atoms with Crippen molar-refractivity contribution < 1.29 is 40.2 Å². The van der Waals surface area contributed by atoms with Gasteiger partial charge in [-0.1, -0.05) is 54.6 Å². The average molecular weight is 477 g/mol. The second kappa shape index (κ2) is 9.55. The van der Waals surface area contributed by atoms with Gasteiger partial charge in [-0.2, -0.15) is 17.7 Å². The van der Waals surface area contributed by atoms with Crippen LogP contribution in [-0.2, 0) is 21.4 Å². The Labute approximate surface area is 187 Å². The van der Waals surface area contributed by atoms with Crippen LogP contribution >= 0.6 is 0 Å². The summed E-state index contributed by atoms with van der Waals surface area (Å²) in [6.45, 7) is 0.739. The van der Waals surface area contributed by atoms with Crippen LogP contribution < -0.4 is 4.57 Å². The summed E-state index contributed by atoms with van der Waals surface area (Å²) in [5.74, 6) is -0.306. The minimum absolute atomic E-state index is 0.306. The maximum atomic E-state index is 12.5. The van der Waals surface area contributed by atoms with Gasteiger partial charge in [-0.25, -0.2) is 13.2 Å². The molecule has 0 aliphatic heterocycles. The van der Waals surface area contributed by atoms with Gasteiger partial charge in [-0.05, 0) is 12.1 Å². The number of pyridine rings is 1. The Morgan fingerprint density at radius 1 is 0.879 bits per heavy atom. The number of alkyl halides is 3. The van der Waals surface area contributed by atoms with E-state index in [1.54, 1.807) is 0 Å². The van der Waals surface area contributed by atoms with Crippen molar-refractivity contribution in [3.63, 3.8) is 0 Å². The molecule has 3 aromatic carbocycles. The Bertz CT molecular complexity index is 1350. The van der Waals surface area contributed by atoms with Crippen molar-refractivity contribution >= 4 is 37.9 Å². The highest BCUT2D eigenvalue weighted by Gasteiger charge is 2.36. The van der Waals surface area contributed by atoms with Crippen LogP contribution in [0.4, 0.5) is 13.2 Å². The standard InChI is InChI=1S/C22H18NO2.CHF3O3S/c1-25-22(24)21-17-11-5-7-13-19(17)23(15-16-9-3-2-4-10-16)20-14-8-6-12-18(20)21;2-1(3,4)8(5,6)7/h2-14H,15H2,1H3;(H,5,6,7)/q+1;/p-1. The van der Waals surface area contributed by atoms with Crippen LogP contribution in [0.2, 0.25) is 0 Å². The smallest absolute Gasteiger partial charge is 0.485 e. The number of hydrogen-bond donors (Lipinski definition) is 0. The zero-order chi connectivity index (χ0) is 24.2. The van der Waals surface area contributed by atoms with Gasteiger partial charge in [-0.3, -0.25) is 0 Å². The van der Waals surface area contributed by atoms with Crippen molar-refractivity contribution in [1.82, 2.24) is 0 Å². The van der Waals surface area contributed by atoms with E-state index in [-0.39, 0.29) is 5.97 Å². The minimum atomic E-state index is -6.09. The molecule has 6 nitrogen and oxygen atoms in total. The van der Waals surface area contributed by atoms with Gasteiger partial charge in [0.25, 0.3) is 0 Å². The third-order valence-electron chi connectivity index (χ3n) is 4.78. The number of nitrogens with zero attached hydrogens (tertiary/aromatic N) is 1. The molecular formula is C23H18F3NO5S. The fourth-order valence-corrected chi connectivity index (χ4v) is 3.37. The van der Waals surface area contributed by atoms with E-state index in [0.717, 1.165) is 28.4 Å². The first kappa shape index (κ1) is 24.1. The average Bonchev–Trinajstić information content (AvgIpc) is 2.78. The zero-order valence-corrected chi connectivity index (χ0v) is 18.1. The molecule has 1 heterocycles. The molecule has 0 radical (unpaired) electrons. The topological polar surface area (TPSA) is 87.4 Å². The van der Waals surface area contributed by atoms with Gasteiger partial charge in [0, 0.05) is 17.7 Å². The first-order valence-electron chi connectivity index (χ1n) is 9.52. The maximum Gasteiger partial charge on any atom is 0.485 e. The molecular weight excluding hydrogens is 459 g/mol. The molecule has 4 rings (SSSR count). The fraction of sp³-hybridized carbons (Fsp3) is 0.130. The van der Waals surface area contributed by atoms with Gasteiger partial charge < -0.3 is 9.29 Å². The number of para-hydroxylation sites is 2. The third kappa shape index (κ3) is 5.29. The largest absolute Gasteiger partial charge is 0.741 e. The number of halogens is 3. The van der Waals surface area contributed by atoms with Crippen molar-refractivity contribution in [2.24, 2.45) is 0 Å². The second-order valence-electron chi connectivity index (χ2n) is 6.87. The molecule has 0 unspecified atom stereocenters. The van der Waals surface area contributed by atoms with Crippen LogP contribution in [0.25, 0.3) is 21.8 Å². The summed E-state index contributed by atoms with van der Waals surface area (Å²) in [6, 6.07) is 26.3. The lowest BCUT2D eigenvalue weighted by Crippen LogP contribution is -2.37. The maximum absolute atomic E-state index is 12.5. The summed E-state index contributed by atoms with van der Waals surface area (Å²) >= 11 is 0. The Morgan fingerprint density at radius 3 is 1.73 bits per heavy atom. The first-order chi connectivity index (χ1) is 15.5. The molecule has 0 aliphatic carbocycles. The Morgan fingerprint density at radius 2 is 1.30 bits per heavy atom. The zero-order valence-electron chi connectivity index (χ0n) is 17.2. The lowest BCUT2D eigenvalue weighted by molar-refractivity contribution is -0.635. The predicted octanol–water partition coefficient (Wildman–Crippen LogP) is 4.17. The van der Waals surface area contributed by atoms with Crippen LogP contribution in [0.3, 0.4) is 0 Å². The van der Waals surface area contributed by atoms with E-state index in [0.29, 0.717) is 5.56 Å². The lowest BCUT2D eigenvalue weighted by Gasteiger charge is -2.10. The minimum Gasteiger partial charge on any atom is -0.741 e. The molecule has 4 aromatic rings. The van der Waals surface area contributed by atoms with E-state index in [1.165, 1.54) is 12.7 Å². The number of hydrogen-bond acceptors (Lipinski definition) is 5. The molecule has 0 saturated carbocycles. The summed E-state index contributed by atoms with van der Waals surface area (Å²) in [4.78, 5) is 12.5. The van der Waals surface area contributed by atoms with Gasteiger partial charge >= 0.3 is 11.5 Å². The summed E-state index contributed by atoms with van der Waals surface area (Å²) in [7, 11) is -4.66. The number of rotatable bonds is 3. The number of carbonyl (C=O) groups excluding carboxylic acids is 1. The predicted molar refractivity (Wildman–Crippen MR) is 114 cm³/mol. The van der Waals surface area contributed by atoms with E-state index < -0.39 is 15.6 Å². The molecule has 33 heavy (non-hydrogen) atoms. The monoisotopic (exact) mass is 477 g/mol. The third-order valence-corrected chi connectivity index (χ3v) is 5.35. The molecule has 0 saturated heterocycles. The SMILES string of the molecule is COC(=O)c1c2ccccc2[n+](Cc2ccccc2)c2ccccc12.O=S(=O)([O-])C(F)(F)F. The number of esters is 1. The quantitative estimate of drug-likeness (QED) is 0.145. The van der Waals surface area contributed by atoms with Crippen molar-refractivity contribution in [2.75, 3.05) is 7.11 Å². The van der Waals surface area contributed by atoms with Crippen molar-refractivity contribution in [3.05, 3.63) is 90.0 Å². The van der Waals surface area contributed by atoms with Gasteiger partial charge in [0.1, 0.15) is 0 Å². The van der Waals surface area contributed by atoms with Crippen molar-refractivity contribution in [3.8, 4) is 0 Å². The molecule has 0 amide bonds. The molecule has 0 bridgehead atoms. The Balaban J connectivity index is 0.000000331. The number of ether oxygens (including phenoxy) is 1. The summed E-state index contributed by atoms with van der Waals surface area (Å²) in [5, 5.41) is 1.81. The summed E-state index contributed by atoms with van der Waals surface area (Å²) < 4.78 is 66.2. The molecule has 0 N–H and O–H groups in total. The Kier molecular flexibility index (Phi) is 6.99. The van der Waals surface area contributed by atoms with E-state index in [2.05, 4.69) is 28.8 Å². The highest BCUT2D eigenvalue weighted by molar-refractivity contribution is 7.86. The van der Waals surface area contributed by atoms with Crippen LogP contribution in [0.1, 0.15) is 15.9 Å². The van der Waals surface area contributed by atoms with Crippen molar-refractivity contribution in [2.45, 2.75) is 12.1 Å². The van der Waals surface area contributed by atoms with E-state index in [1.807, 2.05) is 54.6 Å². The van der Waals surface area contributed by atoms with Gasteiger partial charge in [0.15, 0.2) is 16.7 Å². The fourth-order valence-electron chi connectivity index (χ4n) is 3.37. The summed E-state index contributed by atoms with van der Waals surface area (Å²) in [6.07, 6.45) is 0. The highest BCUT2D eigenvalue weighted by atomic mass is 32.2. The number of carbonyl (C=O) groups is 1. The number of aromatic nitrogens is 1. The summed E-state index contributed by atoms with van der Waals surface area (Å²) in [5.41, 5.74) is -1.77. The van der Waals surface area contributed by atoms with Gasteiger partial charge in [0.05, 0.1) is 23.4 Å². The molecule has 172 valence electrons. The second-order valence-corrected chi connectivity index (χ2v) is 8.24. The number of fused-ring (bicyclic) bond motifs is 2. The normalized spacial score (nSPS) is 11.7. The van der Waals surface area contributed by atoms with E-state index in [9.17, 15) is 18.0 Å². The molecule has 10 heteroatoms. The van der Waals surface area contributed by atoms with Crippen LogP contribution in [-0.4, -0.2) is 31.6 Å². The molecule has 1 aromatic heterocycles. The lowest BCUT2D eigenvalue weighted by atomic mass is 10.0. The number of benzene rings is 3. The van der Waals surface area contributed by atoms with Crippen molar-refractivity contribution in [1.29, 1.82) is 0 Å². The van der Waals surface area contributed by atoms with Gasteiger partial charge in [0.2, 0.25) is 11.0 Å². The Hall–Kier alpha value is -3.50. The molecule has 0 spiro atoms. The van der Waals surface area contributed by atoms with E-state index in [4.69, 9.17) is 17.7 Å². The molecule has 0 atom stereocenters. The number of methoxy groups -OCH3 is 1.